The molecule has 0 radical (unpaired) electrons. The van der Waals surface area contributed by atoms with E-state index in [0.29, 0.717) is 6.54 Å². The molecule has 3 aromatic heterocycles. The maximum Gasteiger partial charge on any atom is 0.191 e. The van der Waals surface area contributed by atoms with Crippen LogP contribution in [0.5, 0.6) is 0 Å². The lowest BCUT2D eigenvalue weighted by atomic mass is 10.1. The van der Waals surface area contributed by atoms with Crippen molar-refractivity contribution in [3.8, 4) is 0 Å². The molecule has 3 N–H and O–H groups in total. The van der Waals surface area contributed by atoms with Gasteiger partial charge in [0.2, 0.25) is 0 Å². The highest BCUT2D eigenvalue weighted by atomic mass is 127. The molecule has 1 aromatic carbocycles. The monoisotopic (exact) mass is 489 g/mol. The fourth-order valence-corrected chi connectivity index (χ4v) is 3.28. The zero-order chi connectivity index (χ0) is 18.6. The summed E-state index contributed by atoms with van der Waals surface area (Å²) in [5.74, 6) is 1.60. The van der Waals surface area contributed by atoms with Gasteiger partial charge >= 0.3 is 0 Å². The number of H-pyrrole nitrogens is 1. The van der Waals surface area contributed by atoms with Gasteiger partial charge in [-0.15, -0.1) is 34.2 Å². The smallest absolute Gasteiger partial charge is 0.191 e. The molecule has 0 atom stereocenters. The summed E-state index contributed by atoms with van der Waals surface area (Å²) in [6, 6.07) is 12.3. The second-order valence-electron chi connectivity index (χ2n) is 6.46. The quantitative estimate of drug-likeness (QED) is 0.229. The summed E-state index contributed by atoms with van der Waals surface area (Å²) in [6.07, 6.45) is 4.97. The van der Waals surface area contributed by atoms with Gasteiger partial charge in [-0.25, -0.2) is 0 Å². The number of pyridine rings is 1. The molecular formula is C20H24IN7. The predicted molar refractivity (Wildman–Crippen MR) is 123 cm³/mol. The fourth-order valence-electron chi connectivity index (χ4n) is 3.28. The molecule has 0 amide bonds. The van der Waals surface area contributed by atoms with E-state index in [9.17, 15) is 0 Å². The van der Waals surface area contributed by atoms with Gasteiger partial charge in [-0.1, -0.05) is 24.3 Å². The molecule has 3 heterocycles. The van der Waals surface area contributed by atoms with E-state index in [1.807, 2.05) is 28.8 Å². The van der Waals surface area contributed by atoms with E-state index in [1.54, 1.807) is 7.05 Å². The SMILES string of the molecule is CN=C(NCCc1c[nH]c2c(C)cccc12)NCc1nnc2ccccn12.I. The van der Waals surface area contributed by atoms with Crippen molar-refractivity contribution in [2.75, 3.05) is 13.6 Å². The molecule has 0 saturated heterocycles. The Kier molecular flexibility index (Phi) is 6.50. The summed E-state index contributed by atoms with van der Waals surface area (Å²) < 4.78 is 1.97. The van der Waals surface area contributed by atoms with E-state index in [4.69, 9.17) is 0 Å². The fraction of sp³-hybridized carbons (Fsp3) is 0.250. The van der Waals surface area contributed by atoms with E-state index in [2.05, 4.69) is 62.1 Å². The Bertz CT molecular complexity index is 1100. The lowest BCUT2D eigenvalue weighted by molar-refractivity contribution is 0.758. The summed E-state index contributed by atoms with van der Waals surface area (Å²) in [5, 5.41) is 16.3. The number of rotatable bonds is 5. The summed E-state index contributed by atoms with van der Waals surface area (Å²) >= 11 is 0. The Morgan fingerprint density at radius 3 is 2.89 bits per heavy atom. The molecule has 0 bridgehead atoms. The van der Waals surface area contributed by atoms with Crippen LogP contribution in [0.4, 0.5) is 0 Å². The van der Waals surface area contributed by atoms with Crippen molar-refractivity contribution in [2.24, 2.45) is 4.99 Å². The number of aliphatic imine (C=N–C) groups is 1. The Balaban J connectivity index is 0.00000225. The molecule has 7 nitrogen and oxygen atoms in total. The van der Waals surface area contributed by atoms with Gasteiger partial charge in [0.1, 0.15) is 0 Å². The minimum atomic E-state index is 0. The number of aromatic amines is 1. The predicted octanol–water partition coefficient (Wildman–Crippen LogP) is 3.04. The molecule has 4 aromatic rings. The second-order valence-corrected chi connectivity index (χ2v) is 6.46. The first-order chi connectivity index (χ1) is 13.3. The van der Waals surface area contributed by atoms with Gasteiger partial charge < -0.3 is 15.6 Å². The molecule has 0 aliphatic rings. The molecule has 8 heteroatoms. The van der Waals surface area contributed by atoms with E-state index >= 15 is 0 Å². The second kappa shape index (κ2) is 9.05. The van der Waals surface area contributed by atoms with Gasteiger partial charge in [0, 0.05) is 36.9 Å². The van der Waals surface area contributed by atoms with Gasteiger partial charge in [-0.3, -0.25) is 9.39 Å². The molecular weight excluding hydrogens is 465 g/mol. The van der Waals surface area contributed by atoms with Gasteiger partial charge in [0.25, 0.3) is 0 Å². The highest BCUT2D eigenvalue weighted by molar-refractivity contribution is 14.0. The molecule has 0 aliphatic heterocycles. The Hall–Kier alpha value is -2.62. The number of hydrogen-bond acceptors (Lipinski definition) is 3. The van der Waals surface area contributed by atoms with E-state index < -0.39 is 0 Å². The highest BCUT2D eigenvalue weighted by Gasteiger charge is 2.07. The van der Waals surface area contributed by atoms with Crippen molar-refractivity contribution in [3.05, 3.63) is 65.7 Å². The third-order valence-corrected chi connectivity index (χ3v) is 4.72. The number of aromatic nitrogens is 4. The number of aryl methyl sites for hydroxylation is 1. The van der Waals surface area contributed by atoms with Crippen LogP contribution >= 0.6 is 24.0 Å². The van der Waals surface area contributed by atoms with E-state index in [0.717, 1.165) is 30.4 Å². The van der Waals surface area contributed by atoms with Crippen LogP contribution in [-0.2, 0) is 13.0 Å². The highest BCUT2D eigenvalue weighted by Crippen LogP contribution is 2.21. The van der Waals surface area contributed by atoms with Crippen molar-refractivity contribution < 1.29 is 0 Å². The van der Waals surface area contributed by atoms with Crippen molar-refractivity contribution in [2.45, 2.75) is 19.9 Å². The standard InChI is InChI=1S/C20H23N7.HI/c1-14-6-5-7-16-15(12-23-19(14)16)9-10-22-20(21-2)24-13-18-26-25-17-8-3-4-11-27(17)18;/h3-8,11-12,23H,9-10,13H2,1-2H3,(H2,21,22,24);1H. The summed E-state index contributed by atoms with van der Waals surface area (Å²) in [6.45, 7) is 3.47. The number of nitrogens with one attached hydrogen (secondary N) is 3. The zero-order valence-electron chi connectivity index (χ0n) is 15.9. The van der Waals surface area contributed by atoms with E-state index in [-0.39, 0.29) is 24.0 Å². The first kappa shape index (κ1) is 20.1. The molecule has 146 valence electrons. The first-order valence-electron chi connectivity index (χ1n) is 9.05. The van der Waals surface area contributed by atoms with Crippen LogP contribution in [0.2, 0.25) is 0 Å². The summed E-state index contributed by atoms with van der Waals surface area (Å²) in [5.41, 5.74) is 4.63. The Morgan fingerprint density at radius 2 is 2.04 bits per heavy atom. The first-order valence-corrected chi connectivity index (χ1v) is 9.05. The van der Waals surface area contributed by atoms with Crippen LogP contribution in [0.25, 0.3) is 16.6 Å². The van der Waals surface area contributed by atoms with Gasteiger partial charge in [0.05, 0.1) is 6.54 Å². The topological polar surface area (TPSA) is 82.4 Å². The normalized spacial score (nSPS) is 11.6. The number of para-hydroxylation sites is 1. The number of nitrogens with zero attached hydrogens (tertiary/aromatic N) is 4. The average Bonchev–Trinajstić information content (AvgIpc) is 3.30. The van der Waals surface area contributed by atoms with Crippen molar-refractivity contribution in [3.63, 3.8) is 0 Å². The van der Waals surface area contributed by atoms with Crippen molar-refractivity contribution in [1.82, 2.24) is 30.2 Å². The third-order valence-electron chi connectivity index (χ3n) is 4.72. The summed E-state index contributed by atoms with van der Waals surface area (Å²) in [7, 11) is 1.77. The minimum Gasteiger partial charge on any atom is -0.361 e. The lowest BCUT2D eigenvalue weighted by Gasteiger charge is -2.11. The van der Waals surface area contributed by atoms with Crippen LogP contribution in [-0.4, -0.2) is 39.1 Å². The lowest BCUT2D eigenvalue weighted by Crippen LogP contribution is -2.38. The Morgan fingerprint density at radius 1 is 1.14 bits per heavy atom. The van der Waals surface area contributed by atoms with Crippen LogP contribution in [0.3, 0.4) is 0 Å². The number of fused-ring (bicyclic) bond motifs is 2. The molecule has 0 fully saturated rings. The maximum absolute atomic E-state index is 4.29. The van der Waals surface area contributed by atoms with Crippen LogP contribution in [0.15, 0.2) is 53.8 Å². The van der Waals surface area contributed by atoms with Crippen LogP contribution in [0, 0.1) is 6.92 Å². The number of halogens is 1. The Labute approximate surface area is 180 Å². The van der Waals surface area contributed by atoms with E-state index in [1.165, 1.54) is 22.0 Å². The third kappa shape index (κ3) is 4.11. The van der Waals surface area contributed by atoms with Crippen LogP contribution in [0.1, 0.15) is 17.0 Å². The van der Waals surface area contributed by atoms with Crippen molar-refractivity contribution >= 4 is 46.5 Å². The number of benzene rings is 1. The van der Waals surface area contributed by atoms with Gasteiger partial charge in [-0.05, 0) is 36.6 Å². The van der Waals surface area contributed by atoms with Crippen molar-refractivity contribution in [1.29, 1.82) is 0 Å². The number of hydrogen-bond donors (Lipinski definition) is 3. The van der Waals surface area contributed by atoms with Gasteiger partial charge in [0.15, 0.2) is 17.4 Å². The largest absolute Gasteiger partial charge is 0.361 e. The zero-order valence-corrected chi connectivity index (χ0v) is 18.3. The summed E-state index contributed by atoms with van der Waals surface area (Å²) in [4.78, 5) is 7.67. The molecule has 0 unspecified atom stereocenters. The number of guanidine groups is 1. The molecule has 0 spiro atoms. The average molecular weight is 489 g/mol. The molecule has 28 heavy (non-hydrogen) atoms. The molecule has 4 rings (SSSR count). The minimum absolute atomic E-state index is 0. The molecule has 0 aliphatic carbocycles. The van der Waals surface area contributed by atoms with Crippen LogP contribution < -0.4 is 10.6 Å². The maximum atomic E-state index is 4.29. The van der Waals surface area contributed by atoms with Gasteiger partial charge in [-0.2, -0.15) is 0 Å². The molecule has 0 saturated carbocycles.